The lowest BCUT2D eigenvalue weighted by atomic mass is 10.2. The van der Waals surface area contributed by atoms with Crippen LogP contribution in [0.4, 0.5) is 0 Å². The van der Waals surface area contributed by atoms with Crippen molar-refractivity contribution in [2.45, 2.75) is 6.92 Å². The van der Waals surface area contributed by atoms with Crippen LogP contribution in [0, 0.1) is 0 Å². The molecule has 0 aliphatic heterocycles. The Balaban J connectivity index is 4.13. The summed E-state index contributed by atoms with van der Waals surface area (Å²) in [5.74, 6) is -0.359. The molecule has 0 rings (SSSR count). The zero-order chi connectivity index (χ0) is 10.8. The Hall–Kier alpha value is -1.28. The third-order valence-electron chi connectivity index (χ3n) is 1.34. The van der Waals surface area contributed by atoms with Gasteiger partial charge in [-0.25, -0.2) is 4.79 Å². The number of ether oxygens (including phenoxy) is 1. The molecule has 0 amide bonds. The van der Waals surface area contributed by atoms with Gasteiger partial charge in [0.15, 0.2) is 0 Å². The van der Waals surface area contributed by atoms with Crippen molar-refractivity contribution in [3.8, 4) is 0 Å². The summed E-state index contributed by atoms with van der Waals surface area (Å²) in [5, 5.41) is 0. The number of hydrogen-bond acceptors (Lipinski definition) is 2. The Bertz CT molecular complexity index is 286. The Kier molecular flexibility index (Phi) is 7.56. The van der Waals surface area contributed by atoms with Crippen molar-refractivity contribution >= 4 is 17.6 Å². The van der Waals surface area contributed by atoms with Crippen LogP contribution in [-0.2, 0) is 9.53 Å². The number of carbonyl (C=O) groups excluding carboxylic acids is 1. The van der Waals surface area contributed by atoms with E-state index in [1.54, 1.807) is 18.2 Å². The Morgan fingerprint density at radius 2 is 1.93 bits per heavy atom. The number of rotatable bonds is 4. The summed E-state index contributed by atoms with van der Waals surface area (Å²) in [6, 6.07) is 0. The van der Waals surface area contributed by atoms with Gasteiger partial charge < -0.3 is 4.74 Å². The number of halogens is 1. The molecule has 0 N–H and O–H groups in total. The Labute approximate surface area is 89.2 Å². The van der Waals surface area contributed by atoms with Gasteiger partial charge in [0.05, 0.1) is 7.11 Å². The molecule has 0 atom stereocenters. The van der Waals surface area contributed by atoms with Gasteiger partial charge in [-0.15, -0.1) is 0 Å². The number of esters is 1. The van der Waals surface area contributed by atoms with E-state index >= 15 is 0 Å². The highest BCUT2D eigenvalue weighted by Crippen LogP contribution is 1.96. The minimum absolute atomic E-state index is 0.359. The zero-order valence-corrected chi connectivity index (χ0v) is 8.99. The summed E-state index contributed by atoms with van der Waals surface area (Å²) in [7, 11) is 1.34. The van der Waals surface area contributed by atoms with E-state index in [9.17, 15) is 4.79 Å². The first kappa shape index (κ1) is 12.7. The average Bonchev–Trinajstić information content (AvgIpc) is 2.21. The molecule has 0 heterocycles. The molecule has 0 fully saturated rings. The molecule has 0 aromatic carbocycles. The van der Waals surface area contributed by atoms with E-state index in [4.69, 9.17) is 11.6 Å². The van der Waals surface area contributed by atoms with Crippen LogP contribution in [-0.4, -0.2) is 13.1 Å². The van der Waals surface area contributed by atoms with Crippen molar-refractivity contribution in [1.82, 2.24) is 0 Å². The molecule has 0 bridgehead atoms. The zero-order valence-electron chi connectivity index (χ0n) is 8.24. The smallest absolute Gasteiger partial charge is 0.330 e. The van der Waals surface area contributed by atoms with Gasteiger partial charge in [0, 0.05) is 11.6 Å². The Morgan fingerprint density at radius 1 is 1.21 bits per heavy atom. The van der Waals surface area contributed by atoms with Crippen LogP contribution in [0.15, 0.2) is 47.6 Å². The molecule has 0 saturated carbocycles. The van der Waals surface area contributed by atoms with Crippen molar-refractivity contribution in [2.75, 3.05) is 7.11 Å². The summed E-state index contributed by atoms with van der Waals surface area (Å²) in [6.07, 6.45) is 10.2. The average molecular weight is 213 g/mol. The molecule has 14 heavy (non-hydrogen) atoms. The first-order valence-electron chi connectivity index (χ1n) is 4.07. The topological polar surface area (TPSA) is 26.3 Å². The fourth-order valence-corrected chi connectivity index (χ4v) is 0.721. The molecule has 76 valence electrons. The molecular formula is C11H13ClO2. The summed E-state index contributed by atoms with van der Waals surface area (Å²) in [5.41, 5.74) is 2.37. The molecule has 0 radical (unpaired) electrons. The van der Waals surface area contributed by atoms with Gasteiger partial charge in [-0.1, -0.05) is 47.6 Å². The molecular weight excluding hydrogens is 200 g/mol. The SMILES string of the molecule is COC(=O)/C=C/C(C)=C/C=C/C=C/Cl. The van der Waals surface area contributed by atoms with E-state index in [1.807, 2.05) is 19.1 Å². The maximum absolute atomic E-state index is 10.7. The quantitative estimate of drug-likeness (QED) is 0.407. The third-order valence-corrected chi connectivity index (χ3v) is 1.48. The maximum Gasteiger partial charge on any atom is 0.330 e. The predicted octanol–water partition coefficient (Wildman–Crippen LogP) is 2.97. The standard InChI is InChI=1S/C11H13ClO2/c1-10(6-4-3-5-9-12)7-8-11(13)14-2/h3-9H,1-2H3/b4-3+,8-7+,9-5+,10-6+. The van der Waals surface area contributed by atoms with Crippen molar-refractivity contribution in [3.05, 3.63) is 47.6 Å². The molecule has 0 saturated heterocycles. The van der Waals surface area contributed by atoms with Gasteiger partial charge in [0.2, 0.25) is 0 Å². The van der Waals surface area contributed by atoms with Gasteiger partial charge in [0.1, 0.15) is 0 Å². The maximum atomic E-state index is 10.7. The fourth-order valence-electron chi connectivity index (χ4n) is 0.637. The van der Waals surface area contributed by atoms with Gasteiger partial charge >= 0.3 is 5.97 Å². The van der Waals surface area contributed by atoms with E-state index in [-0.39, 0.29) is 5.97 Å². The largest absolute Gasteiger partial charge is 0.466 e. The van der Waals surface area contributed by atoms with Crippen LogP contribution in [0.3, 0.4) is 0 Å². The number of carbonyl (C=O) groups is 1. The van der Waals surface area contributed by atoms with Crippen LogP contribution in [0.2, 0.25) is 0 Å². The minimum atomic E-state index is -0.359. The molecule has 2 nitrogen and oxygen atoms in total. The van der Waals surface area contributed by atoms with E-state index in [2.05, 4.69) is 4.74 Å². The molecule has 0 aliphatic rings. The van der Waals surface area contributed by atoms with Gasteiger partial charge in [-0.3, -0.25) is 0 Å². The van der Waals surface area contributed by atoms with Crippen LogP contribution in [0.5, 0.6) is 0 Å². The first-order valence-corrected chi connectivity index (χ1v) is 4.50. The minimum Gasteiger partial charge on any atom is -0.466 e. The van der Waals surface area contributed by atoms with Crippen LogP contribution in [0.25, 0.3) is 0 Å². The number of allylic oxidation sites excluding steroid dienone is 6. The van der Waals surface area contributed by atoms with Gasteiger partial charge in [0.25, 0.3) is 0 Å². The first-order chi connectivity index (χ1) is 6.70. The summed E-state index contributed by atoms with van der Waals surface area (Å²) in [4.78, 5) is 10.7. The lowest BCUT2D eigenvalue weighted by molar-refractivity contribution is -0.134. The van der Waals surface area contributed by atoms with Crippen molar-refractivity contribution in [2.24, 2.45) is 0 Å². The summed E-state index contributed by atoms with van der Waals surface area (Å²) in [6.45, 7) is 1.88. The third kappa shape index (κ3) is 7.37. The highest BCUT2D eigenvalue weighted by Gasteiger charge is 1.88. The summed E-state index contributed by atoms with van der Waals surface area (Å²) < 4.78 is 4.44. The van der Waals surface area contributed by atoms with Gasteiger partial charge in [-0.2, -0.15) is 0 Å². The number of hydrogen-bond donors (Lipinski definition) is 0. The normalized spacial score (nSPS) is 13.2. The second-order valence-electron chi connectivity index (χ2n) is 2.47. The van der Waals surface area contributed by atoms with Crippen molar-refractivity contribution in [3.63, 3.8) is 0 Å². The second kappa shape index (κ2) is 8.32. The predicted molar refractivity (Wildman–Crippen MR) is 59.0 cm³/mol. The molecule has 0 aliphatic carbocycles. The molecule has 0 aromatic heterocycles. The van der Waals surface area contributed by atoms with E-state index in [1.165, 1.54) is 18.7 Å². The Morgan fingerprint density at radius 3 is 2.50 bits per heavy atom. The van der Waals surface area contributed by atoms with Crippen molar-refractivity contribution in [1.29, 1.82) is 0 Å². The van der Waals surface area contributed by atoms with E-state index < -0.39 is 0 Å². The molecule has 0 unspecified atom stereocenters. The molecule has 0 aromatic rings. The monoisotopic (exact) mass is 212 g/mol. The molecule has 0 spiro atoms. The fraction of sp³-hybridized carbons (Fsp3) is 0.182. The van der Waals surface area contributed by atoms with E-state index in [0.717, 1.165) is 5.57 Å². The van der Waals surface area contributed by atoms with E-state index in [0.29, 0.717) is 0 Å². The summed E-state index contributed by atoms with van der Waals surface area (Å²) >= 11 is 5.31. The lowest BCUT2D eigenvalue weighted by Gasteiger charge is -1.90. The second-order valence-corrected chi connectivity index (χ2v) is 2.72. The molecule has 3 heteroatoms. The van der Waals surface area contributed by atoms with Crippen LogP contribution in [0.1, 0.15) is 6.92 Å². The van der Waals surface area contributed by atoms with Crippen LogP contribution < -0.4 is 0 Å². The van der Waals surface area contributed by atoms with Crippen LogP contribution >= 0.6 is 11.6 Å². The lowest BCUT2D eigenvalue weighted by Crippen LogP contribution is -1.93. The van der Waals surface area contributed by atoms with Crippen molar-refractivity contribution < 1.29 is 9.53 Å². The number of methoxy groups -OCH3 is 1. The highest BCUT2D eigenvalue weighted by molar-refractivity contribution is 6.25. The highest BCUT2D eigenvalue weighted by atomic mass is 35.5. The van der Waals surface area contributed by atoms with Gasteiger partial charge in [-0.05, 0) is 6.92 Å².